The fourth-order valence-corrected chi connectivity index (χ4v) is 3.30. The maximum atomic E-state index is 12.4. The summed E-state index contributed by atoms with van der Waals surface area (Å²) in [4.78, 5) is 10.1. The normalized spacial score (nSPS) is 13.8. The number of hydrogen-bond donors (Lipinski definition) is 0. The van der Waals surface area contributed by atoms with E-state index >= 15 is 0 Å². The molecular weight excluding hydrogens is 269 g/mol. The SMILES string of the molecule is CCCCP(=O)(OCC)Oc1cccc([N+](=O)[O-])c1. The van der Waals surface area contributed by atoms with E-state index in [9.17, 15) is 14.7 Å². The molecule has 106 valence electrons. The molecule has 0 aliphatic rings. The van der Waals surface area contributed by atoms with Crippen LogP contribution in [0.1, 0.15) is 26.7 Å². The molecule has 0 amide bonds. The predicted octanol–water partition coefficient (Wildman–Crippen LogP) is 4.00. The lowest BCUT2D eigenvalue weighted by Crippen LogP contribution is -2.03. The van der Waals surface area contributed by atoms with Gasteiger partial charge in [-0.15, -0.1) is 0 Å². The van der Waals surface area contributed by atoms with E-state index in [1.807, 2.05) is 6.92 Å². The summed E-state index contributed by atoms with van der Waals surface area (Å²) in [7, 11) is -3.23. The van der Waals surface area contributed by atoms with Crippen LogP contribution < -0.4 is 4.52 Å². The largest absolute Gasteiger partial charge is 0.424 e. The molecule has 0 radical (unpaired) electrons. The van der Waals surface area contributed by atoms with Crippen molar-refractivity contribution in [1.29, 1.82) is 0 Å². The van der Waals surface area contributed by atoms with Gasteiger partial charge < -0.3 is 9.05 Å². The number of rotatable bonds is 8. The first-order valence-electron chi connectivity index (χ1n) is 6.18. The standard InChI is InChI=1S/C12H18NO5P/c1-3-5-9-19(16,17-4-2)18-12-8-6-7-11(10-12)13(14)15/h6-8,10H,3-5,9H2,1-2H3. The topological polar surface area (TPSA) is 78.7 Å². The van der Waals surface area contributed by atoms with Gasteiger partial charge in [0.1, 0.15) is 5.75 Å². The Bertz CT molecular complexity index is 477. The van der Waals surface area contributed by atoms with Crippen molar-refractivity contribution in [3.05, 3.63) is 34.4 Å². The second kappa shape index (κ2) is 7.26. The van der Waals surface area contributed by atoms with Crippen LogP contribution >= 0.6 is 7.60 Å². The van der Waals surface area contributed by atoms with Crippen LogP contribution in [0.15, 0.2) is 24.3 Å². The Morgan fingerprint density at radius 1 is 1.37 bits per heavy atom. The predicted molar refractivity (Wildman–Crippen MR) is 72.7 cm³/mol. The third-order valence-corrected chi connectivity index (χ3v) is 4.39. The minimum absolute atomic E-state index is 0.101. The van der Waals surface area contributed by atoms with Gasteiger partial charge in [0, 0.05) is 6.07 Å². The highest BCUT2D eigenvalue weighted by atomic mass is 31.2. The average molecular weight is 287 g/mol. The van der Waals surface area contributed by atoms with Crippen molar-refractivity contribution in [3.63, 3.8) is 0 Å². The fraction of sp³-hybridized carbons (Fsp3) is 0.500. The summed E-state index contributed by atoms with van der Waals surface area (Å²) in [5.74, 6) is 0.196. The number of nitro benzene ring substituents is 1. The Morgan fingerprint density at radius 2 is 2.11 bits per heavy atom. The van der Waals surface area contributed by atoms with Crippen LogP contribution in [0.25, 0.3) is 0 Å². The number of unbranched alkanes of at least 4 members (excludes halogenated alkanes) is 1. The molecule has 7 heteroatoms. The van der Waals surface area contributed by atoms with E-state index < -0.39 is 12.5 Å². The molecule has 1 aromatic rings. The highest BCUT2D eigenvalue weighted by Gasteiger charge is 2.25. The maximum absolute atomic E-state index is 12.4. The molecule has 1 atom stereocenters. The van der Waals surface area contributed by atoms with Gasteiger partial charge in [0.05, 0.1) is 23.8 Å². The molecule has 0 aliphatic carbocycles. The van der Waals surface area contributed by atoms with Crippen LogP contribution in [0.3, 0.4) is 0 Å². The first-order chi connectivity index (χ1) is 9.00. The molecule has 0 saturated carbocycles. The Kier molecular flexibility index (Phi) is 5.99. The van der Waals surface area contributed by atoms with E-state index in [0.717, 1.165) is 6.42 Å². The zero-order valence-electron chi connectivity index (χ0n) is 11.1. The minimum atomic E-state index is -3.23. The van der Waals surface area contributed by atoms with Gasteiger partial charge in [-0.2, -0.15) is 0 Å². The molecule has 0 N–H and O–H groups in total. The second-order valence-electron chi connectivity index (χ2n) is 3.95. The Morgan fingerprint density at radius 3 is 2.68 bits per heavy atom. The summed E-state index contributed by atoms with van der Waals surface area (Å²) in [5, 5.41) is 10.7. The van der Waals surface area contributed by atoms with Gasteiger partial charge in [0.2, 0.25) is 0 Å². The molecule has 6 nitrogen and oxygen atoms in total. The van der Waals surface area contributed by atoms with E-state index in [2.05, 4.69) is 0 Å². The number of nitro groups is 1. The van der Waals surface area contributed by atoms with Crippen LogP contribution in [-0.4, -0.2) is 17.7 Å². The van der Waals surface area contributed by atoms with E-state index in [1.165, 1.54) is 24.3 Å². The minimum Gasteiger partial charge on any atom is -0.424 e. The molecule has 1 unspecified atom stereocenters. The molecule has 1 aromatic carbocycles. The van der Waals surface area contributed by atoms with Gasteiger partial charge in [0.25, 0.3) is 5.69 Å². The lowest BCUT2D eigenvalue weighted by Gasteiger charge is -2.18. The second-order valence-corrected chi connectivity index (χ2v) is 6.06. The third-order valence-electron chi connectivity index (χ3n) is 2.38. The molecule has 0 aromatic heterocycles. The number of benzene rings is 1. The summed E-state index contributed by atoms with van der Waals surface area (Å²) in [6.45, 7) is 3.98. The molecule has 1 rings (SSSR count). The first-order valence-corrected chi connectivity index (χ1v) is 7.91. The molecular formula is C12H18NO5P. The Labute approximate surface area is 112 Å². The summed E-state index contributed by atoms with van der Waals surface area (Å²) >= 11 is 0. The van der Waals surface area contributed by atoms with Gasteiger partial charge >= 0.3 is 7.60 Å². The van der Waals surface area contributed by atoms with Crippen LogP contribution in [-0.2, 0) is 9.09 Å². The van der Waals surface area contributed by atoms with E-state index in [0.29, 0.717) is 12.6 Å². The first kappa shape index (κ1) is 15.7. The molecule has 19 heavy (non-hydrogen) atoms. The molecule has 0 bridgehead atoms. The fourth-order valence-electron chi connectivity index (χ4n) is 1.50. The molecule has 0 heterocycles. The Hall–Kier alpha value is -1.39. The zero-order chi connectivity index (χ0) is 14.3. The van der Waals surface area contributed by atoms with Crippen molar-refractivity contribution in [2.45, 2.75) is 26.7 Å². The van der Waals surface area contributed by atoms with Gasteiger partial charge in [-0.05, 0) is 19.4 Å². The van der Waals surface area contributed by atoms with Crippen LogP contribution in [0.2, 0.25) is 0 Å². The molecule has 0 aliphatic heterocycles. The highest BCUT2D eigenvalue weighted by Crippen LogP contribution is 2.49. The van der Waals surface area contributed by atoms with Crippen molar-refractivity contribution in [1.82, 2.24) is 0 Å². The summed E-state index contributed by atoms with van der Waals surface area (Å²) in [6, 6.07) is 5.62. The maximum Gasteiger partial charge on any atom is 0.379 e. The number of hydrogen-bond acceptors (Lipinski definition) is 5. The molecule has 0 spiro atoms. The lowest BCUT2D eigenvalue weighted by molar-refractivity contribution is -0.384. The van der Waals surface area contributed by atoms with E-state index in [4.69, 9.17) is 9.05 Å². The summed E-state index contributed by atoms with van der Waals surface area (Å²) in [6.07, 6.45) is 1.89. The highest BCUT2D eigenvalue weighted by molar-refractivity contribution is 7.54. The summed E-state index contributed by atoms with van der Waals surface area (Å²) < 4.78 is 23.0. The van der Waals surface area contributed by atoms with E-state index in [1.54, 1.807) is 6.92 Å². The number of non-ortho nitro benzene ring substituents is 1. The summed E-state index contributed by atoms with van der Waals surface area (Å²) in [5.41, 5.74) is -0.101. The van der Waals surface area contributed by atoms with Crippen molar-refractivity contribution in [2.24, 2.45) is 0 Å². The molecule has 0 saturated heterocycles. The van der Waals surface area contributed by atoms with Crippen LogP contribution in [0, 0.1) is 10.1 Å². The van der Waals surface area contributed by atoms with Crippen molar-refractivity contribution >= 4 is 13.3 Å². The third kappa shape index (κ3) is 5.01. The van der Waals surface area contributed by atoms with Crippen LogP contribution in [0.5, 0.6) is 5.75 Å². The smallest absolute Gasteiger partial charge is 0.379 e. The van der Waals surface area contributed by atoms with E-state index in [-0.39, 0.29) is 18.0 Å². The number of nitrogens with zero attached hydrogens (tertiary/aromatic N) is 1. The zero-order valence-corrected chi connectivity index (χ0v) is 12.0. The van der Waals surface area contributed by atoms with Gasteiger partial charge in [-0.1, -0.05) is 19.4 Å². The molecule has 0 fully saturated rings. The van der Waals surface area contributed by atoms with Gasteiger partial charge in [-0.25, -0.2) is 4.57 Å². The van der Waals surface area contributed by atoms with Crippen molar-refractivity contribution in [3.8, 4) is 5.75 Å². The van der Waals surface area contributed by atoms with Crippen LogP contribution in [0.4, 0.5) is 5.69 Å². The van der Waals surface area contributed by atoms with Gasteiger partial charge in [0.15, 0.2) is 0 Å². The lowest BCUT2D eigenvalue weighted by atomic mass is 10.3. The quantitative estimate of drug-likeness (QED) is 0.410. The van der Waals surface area contributed by atoms with Crippen molar-refractivity contribution in [2.75, 3.05) is 12.8 Å². The average Bonchev–Trinajstić information content (AvgIpc) is 2.37. The van der Waals surface area contributed by atoms with Gasteiger partial charge in [-0.3, -0.25) is 10.1 Å². The Balaban J connectivity index is 2.86. The van der Waals surface area contributed by atoms with Crippen molar-refractivity contribution < 1.29 is 18.5 Å². The monoisotopic (exact) mass is 287 g/mol.